The number of methoxy groups -OCH3 is 2. The number of rotatable bonds is 5. The Balaban J connectivity index is 2.25. The predicted octanol–water partition coefficient (Wildman–Crippen LogP) is 3.26. The number of carbonyl (C=O) groups excluding carboxylic acids is 1. The number of benzene rings is 1. The Kier molecular flexibility index (Phi) is 4.67. The fourth-order valence-electron chi connectivity index (χ4n) is 3.02. The van der Waals surface area contributed by atoms with E-state index in [1.807, 2.05) is 43.4 Å². The zero-order chi connectivity index (χ0) is 18.8. The van der Waals surface area contributed by atoms with Gasteiger partial charge in [-0.1, -0.05) is 6.58 Å². The van der Waals surface area contributed by atoms with Gasteiger partial charge in [-0.2, -0.15) is 0 Å². The zero-order valence-corrected chi connectivity index (χ0v) is 15.3. The summed E-state index contributed by atoms with van der Waals surface area (Å²) in [6.07, 6.45) is 4.54. The second-order valence-corrected chi connectivity index (χ2v) is 5.88. The molecule has 1 aromatic heterocycles. The van der Waals surface area contributed by atoms with Crippen molar-refractivity contribution in [2.75, 3.05) is 33.6 Å². The number of carbonyl (C=O) groups is 1. The van der Waals surface area contributed by atoms with Crippen LogP contribution in [0.2, 0.25) is 0 Å². The number of aldehydes is 1. The van der Waals surface area contributed by atoms with Crippen LogP contribution in [0.15, 0.2) is 37.2 Å². The quantitative estimate of drug-likeness (QED) is 0.834. The smallest absolute Gasteiger partial charge is 0.157 e. The Morgan fingerprint density at radius 3 is 2.35 bits per heavy atom. The topological polar surface area (TPSA) is 63.7 Å². The molecule has 1 aliphatic rings. The lowest BCUT2D eigenvalue weighted by Crippen LogP contribution is -2.16. The lowest BCUT2D eigenvalue weighted by molar-refractivity contribution is 0.111. The van der Waals surface area contributed by atoms with Crippen LogP contribution in [0.1, 0.15) is 27.0 Å². The van der Waals surface area contributed by atoms with E-state index >= 15 is 0 Å². The monoisotopic (exact) mass is 351 g/mol. The van der Waals surface area contributed by atoms with Crippen molar-refractivity contribution in [2.24, 2.45) is 0 Å². The van der Waals surface area contributed by atoms with Crippen LogP contribution in [0.4, 0.5) is 5.82 Å². The molecule has 0 bridgehead atoms. The maximum atomic E-state index is 11.4. The number of nitrogens with one attached hydrogen (secondary N) is 1. The number of pyridine rings is 1. The van der Waals surface area contributed by atoms with Gasteiger partial charge in [-0.25, -0.2) is 4.98 Å². The van der Waals surface area contributed by atoms with Gasteiger partial charge in [0.1, 0.15) is 17.3 Å². The van der Waals surface area contributed by atoms with Crippen molar-refractivity contribution in [1.29, 1.82) is 0 Å². The minimum absolute atomic E-state index is 0.388. The number of ether oxygens (including phenoxy) is 2. The van der Waals surface area contributed by atoms with Gasteiger partial charge in [-0.3, -0.25) is 4.79 Å². The molecular weight excluding hydrogens is 330 g/mol. The normalized spacial score (nSPS) is 13.0. The molecule has 1 aliphatic heterocycles. The second kappa shape index (κ2) is 6.92. The molecule has 6 heteroatoms. The Bertz CT molecular complexity index is 894. The van der Waals surface area contributed by atoms with Gasteiger partial charge in [0.2, 0.25) is 0 Å². The van der Waals surface area contributed by atoms with Gasteiger partial charge < -0.3 is 19.7 Å². The van der Waals surface area contributed by atoms with E-state index in [1.165, 1.54) is 14.2 Å². The Morgan fingerprint density at radius 2 is 1.81 bits per heavy atom. The van der Waals surface area contributed by atoms with Gasteiger partial charge in [0.15, 0.2) is 6.29 Å². The molecule has 2 aromatic rings. The Morgan fingerprint density at radius 1 is 1.15 bits per heavy atom. The van der Waals surface area contributed by atoms with E-state index in [0.717, 1.165) is 40.1 Å². The van der Waals surface area contributed by atoms with Gasteiger partial charge in [0, 0.05) is 43.3 Å². The van der Waals surface area contributed by atoms with Crippen LogP contribution in [0.25, 0.3) is 11.3 Å². The second-order valence-electron chi connectivity index (χ2n) is 5.88. The third-order valence-corrected chi connectivity index (χ3v) is 4.48. The summed E-state index contributed by atoms with van der Waals surface area (Å²) in [7, 11) is 6.83. The molecule has 6 nitrogen and oxygen atoms in total. The molecule has 0 aliphatic carbocycles. The zero-order valence-electron chi connectivity index (χ0n) is 15.3. The van der Waals surface area contributed by atoms with E-state index in [9.17, 15) is 4.79 Å². The first-order valence-electron chi connectivity index (χ1n) is 8.07. The lowest BCUT2D eigenvalue weighted by atomic mass is 9.90. The minimum Gasteiger partial charge on any atom is -0.496 e. The van der Waals surface area contributed by atoms with E-state index in [4.69, 9.17) is 9.47 Å². The maximum Gasteiger partial charge on any atom is 0.157 e. The first-order chi connectivity index (χ1) is 12.5. The number of hydrogen-bond donors (Lipinski definition) is 1. The summed E-state index contributed by atoms with van der Waals surface area (Å²) in [5, 5.41) is 3.06. The molecule has 1 N–H and O–H groups in total. The summed E-state index contributed by atoms with van der Waals surface area (Å²) in [5.41, 5.74) is 5.03. The van der Waals surface area contributed by atoms with E-state index in [0.29, 0.717) is 17.1 Å². The summed E-state index contributed by atoms with van der Waals surface area (Å²) in [6.45, 7) is 4.14. The highest BCUT2D eigenvalue weighted by atomic mass is 16.5. The predicted molar refractivity (Wildman–Crippen MR) is 103 cm³/mol. The van der Waals surface area contributed by atoms with E-state index in [1.54, 1.807) is 6.20 Å². The summed E-state index contributed by atoms with van der Waals surface area (Å²) in [6, 6.07) is 5.65. The number of fused-ring (bicyclic) bond motifs is 1. The highest BCUT2D eigenvalue weighted by molar-refractivity contribution is 5.93. The standard InChI is InChI=1S/C20H21N3O3/c1-12-15-9-22-20(21-2)8-14(15)16(10-23(12)3)13-6-18(25-4)17(11-24)19(7-13)26-5/h6-11H,1H2,2-5H3,(H,21,22). The van der Waals surface area contributed by atoms with Crippen LogP contribution in [0.3, 0.4) is 0 Å². The number of hydrogen-bond acceptors (Lipinski definition) is 6. The fraction of sp³-hybridized carbons (Fsp3) is 0.200. The SMILES string of the molecule is C=C1c2cnc(NC)cc2C(c2cc(OC)c(C=O)c(OC)c2)=CN1C. The Labute approximate surface area is 152 Å². The van der Waals surface area contributed by atoms with Crippen LogP contribution in [0.5, 0.6) is 11.5 Å². The van der Waals surface area contributed by atoms with E-state index in [-0.39, 0.29) is 0 Å². The van der Waals surface area contributed by atoms with Gasteiger partial charge in [0.25, 0.3) is 0 Å². The number of nitrogens with zero attached hydrogens (tertiary/aromatic N) is 2. The largest absolute Gasteiger partial charge is 0.496 e. The maximum absolute atomic E-state index is 11.4. The third kappa shape index (κ3) is 2.79. The van der Waals surface area contributed by atoms with Crippen molar-refractivity contribution < 1.29 is 14.3 Å². The van der Waals surface area contributed by atoms with Gasteiger partial charge >= 0.3 is 0 Å². The molecule has 0 amide bonds. The molecule has 2 heterocycles. The van der Waals surface area contributed by atoms with Crippen LogP contribution in [-0.2, 0) is 0 Å². The molecule has 0 saturated carbocycles. The lowest BCUT2D eigenvalue weighted by Gasteiger charge is -2.28. The molecule has 0 spiro atoms. The van der Waals surface area contributed by atoms with E-state index in [2.05, 4.69) is 16.9 Å². The van der Waals surface area contributed by atoms with Gasteiger partial charge in [-0.05, 0) is 29.3 Å². The molecule has 3 rings (SSSR count). The summed E-state index contributed by atoms with van der Waals surface area (Å²) in [5.74, 6) is 1.69. The molecular formula is C20H21N3O3. The van der Waals surface area contributed by atoms with Crippen molar-refractivity contribution in [3.05, 3.63) is 59.4 Å². The van der Waals surface area contributed by atoms with Gasteiger partial charge in [0.05, 0.1) is 19.8 Å². The molecule has 0 unspecified atom stereocenters. The molecule has 26 heavy (non-hydrogen) atoms. The molecule has 0 fully saturated rings. The van der Waals surface area contributed by atoms with Crippen LogP contribution >= 0.6 is 0 Å². The van der Waals surface area contributed by atoms with Crippen LogP contribution < -0.4 is 14.8 Å². The average molecular weight is 351 g/mol. The fourth-order valence-corrected chi connectivity index (χ4v) is 3.02. The summed E-state index contributed by atoms with van der Waals surface area (Å²) < 4.78 is 10.8. The van der Waals surface area contributed by atoms with Gasteiger partial charge in [-0.15, -0.1) is 0 Å². The molecule has 0 radical (unpaired) electrons. The molecule has 0 atom stereocenters. The molecule has 1 aromatic carbocycles. The summed E-state index contributed by atoms with van der Waals surface area (Å²) in [4.78, 5) is 17.8. The van der Waals surface area contributed by atoms with Crippen molar-refractivity contribution in [1.82, 2.24) is 9.88 Å². The summed E-state index contributed by atoms with van der Waals surface area (Å²) >= 11 is 0. The highest BCUT2D eigenvalue weighted by Gasteiger charge is 2.23. The van der Waals surface area contributed by atoms with Crippen LogP contribution in [-0.4, -0.2) is 44.5 Å². The molecule has 0 saturated heterocycles. The highest BCUT2D eigenvalue weighted by Crippen LogP contribution is 2.40. The van der Waals surface area contributed by atoms with Crippen molar-refractivity contribution in [2.45, 2.75) is 0 Å². The first kappa shape index (κ1) is 17.5. The molecule has 134 valence electrons. The number of aromatic nitrogens is 1. The van der Waals surface area contributed by atoms with Crippen molar-refractivity contribution in [3.63, 3.8) is 0 Å². The van der Waals surface area contributed by atoms with Crippen molar-refractivity contribution in [3.8, 4) is 11.5 Å². The minimum atomic E-state index is 0.388. The number of anilines is 1. The van der Waals surface area contributed by atoms with Crippen molar-refractivity contribution >= 4 is 23.4 Å². The Hall–Kier alpha value is -3.28. The first-order valence-corrected chi connectivity index (χ1v) is 8.07. The van der Waals surface area contributed by atoms with E-state index < -0.39 is 0 Å². The third-order valence-electron chi connectivity index (χ3n) is 4.48. The average Bonchev–Trinajstić information content (AvgIpc) is 2.68. The van der Waals surface area contributed by atoms with Crippen LogP contribution in [0, 0.1) is 0 Å².